The molecule has 29 heavy (non-hydrogen) atoms. The molecule has 150 valence electrons. The maximum absolute atomic E-state index is 13.3. The Morgan fingerprint density at radius 3 is 2.55 bits per heavy atom. The summed E-state index contributed by atoms with van der Waals surface area (Å²) in [5.41, 5.74) is 1.56. The van der Waals surface area contributed by atoms with E-state index in [1.54, 1.807) is 14.0 Å². The number of hydrogen-bond acceptors (Lipinski definition) is 6. The third-order valence-electron chi connectivity index (χ3n) is 4.43. The summed E-state index contributed by atoms with van der Waals surface area (Å²) in [4.78, 5) is 1.01. The van der Waals surface area contributed by atoms with Gasteiger partial charge in [0.05, 0.1) is 12.8 Å². The van der Waals surface area contributed by atoms with Gasteiger partial charge in [-0.15, -0.1) is 11.3 Å². The van der Waals surface area contributed by atoms with E-state index in [1.165, 1.54) is 11.3 Å². The summed E-state index contributed by atoms with van der Waals surface area (Å²) in [6.45, 7) is 1.72. The summed E-state index contributed by atoms with van der Waals surface area (Å²) >= 11 is 4.78. The van der Waals surface area contributed by atoms with Crippen LogP contribution < -0.4 is 9.46 Å². The molecule has 0 fully saturated rings. The highest BCUT2D eigenvalue weighted by Gasteiger charge is 2.27. The number of thiophene rings is 1. The number of fused-ring (bicyclic) bond motifs is 1. The number of sulfonamides is 1. The number of methoxy groups -OCH3 is 1. The summed E-state index contributed by atoms with van der Waals surface area (Å²) in [6, 6.07) is 15.1. The molecule has 2 heterocycles. The van der Waals surface area contributed by atoms with Crippen LogP contribution in [0.1, 0.15) is 16.1 Å². The van der Waals surface area contributed by atoms with Crippen molar-refractivity contribution >= 4 is 53.3 Å². The van der Waals surface area contributed by atoms with Crippen LogP contribution in [0.25, 0.3) is 10.1 Å². The highest BCUT2D eigenvalue weighted by molar-refractivity contribution is 9.10. The monoisotopic (exact) mass is 492 g/mol. The van der Waals surface area contributed by atoms with E-state index in [0.29, 0.717) is 22.0 Å². The second kappa shape index (κ2) is 7.81. The average molecular weight is 493 g/mol. The molecule has 6 nitrogen and oxygen atoms in total. The topological polar surface area (TPSA) is 81.4 Å². The van der Waals surface area contributed by atoms with Crippen molar-refractivity contribution in [3.63, 3.8) is 0 Å². The second-order valence-corrected chi connectivity index (χ2v) is 9.94. The fourth-order valence-electron chi connectivity index (χ4n) is 3.01. The molecule has 4 aromatic rings. The van der Waals surface area contributed by atoms with Crippen molar-refractivity contribution in [2.75, 3.05) is 11.8 Å². The van der Waals surface area contributed by atoms with Crippen LogP contribution >= 0.6 is 27.3 Å². The van der Waals surface area contributed by atoms with Crippen LogP contribution in [-0.4, -0.2) is 20.7 Å². The third kappa shape index (κ3) is 3.90. The normalized spacial score (nSPS) is 11.7. The third-order valence-corrected chi connectivity index (χ3v) is 8.12. The Bertz CT molecular complexity index is 1280. The number of aromatic nitrogens is 1. The van der Waals surface area contributed by atoms with Crippen LogP contribution in [0.2, 0.25) is 0 Å². The summed E-state index contributed by atoms with van der Waals surface area (Å²) in [5.74, 6) is 0.818. The first-order valence-corrected chi connectivity index (χ1v) is 11.8. The predicted molar refractivity (Wildman–Crippen MR) is 117 cm³/mol. The van der Waals surface area contributed by atoms with Gasteiger partial charge < -0.3 is 9.26 Å². The van der Waals surface area contributed by atoms with Gasteiger partial charge >= 0.3 is 0 Å². The molecule has 2 aromatic heterocycles. The van der Waals surface area contributed by atoms with E-state index in [2.05, 4.69) is 25.8 Å². The van der Waals surface area contributed by atoms with Gasteiger partial charge in [-0.2, -0.15) is 0 Å². The van der Waals surface area contributed by atoms with E-state index in [0.717, 1.165) is 20.9 Å². The average Bonchev–Trinajstić information content (AvgIpc) is 3.23. The molecule has 9 heteroatoms. The molecule has 0 amide bonds. The number of halogens is 1. The lowest BCUT2D eigenvalue weighted by molar-refractivity contribution is 0.414. The van der Waals surface area contributed by atoms with E-state index in [4.69, 9.17) is 9.26 Å². The van der Waals surface area contributed by atoms with Crippen LogP contribution in [0.15, 0.2) is 62.4 Å². The number of benzene rings is 2. The Labute approximate surface area is 180 Å². The molecule has 4 rings (SSSR count). The van der Waals surface area contributed by atoms with Gasteiger partial charge in [0.25, 0.3) is 15.9 Å². The number of ether oxygens (including phenoxy) is 1. The van der Waals surface area contributed by atoms with Crippen molar-refractivity contribution in [2.24, 2.45) is 0 Å². The molecule has 2 aromatic carbocycles. The van der Waals surface area contributed by atoms with E-state index in [1.807, 2.05) is 48.5 Å². The molecular weight excluding hydrogens is 476 g/mol. The number of rotatable bonds is 6. The Morgan fingerprint density at radius 2 is 1.90 bits per heavy atom. The minimum Gasteiger partial charge on any atom is -0.497 e. The standard InChI is InChI=1S/C20H17BrN2O4S2/c1-12-18(21)20(27-22-12)23-29(24,25)19-15-5-3-4-6-16(15)28-17(19)11-13-7-9-14(26-2)10-8-13/h3-10,23H,11H2,1-2H3. The van der Waals surface area contributed by atoms with E-state index in [9.17, 15) is 8.42 Å². The largest absolute Gasteiger partial charge is 0.497 e. The minimum atomic E-state index is -3.90. The van der Waals surface area contributed by atoms with Crippen molar-refractivity contribution in [3.8, 4) is 5.75 Å². The highest BCUT2D eigenvalue weighted by Crippen LogP contribution is 2.38. The fraction of sp³-hybridized carbons (Fsp3) is 0.150. The molecule has 0 saturated heterocycles. The minimum absolute atomic E-state index is 0.0631. The van der Waals surface area contributed by atoms with Crippen molar-refractivity contribution in [3.05, 3.63) is 69.1 Å². The Balaban J connectivity index is 1.79. The first kappa shape index (κ1) is 19.9. The highest BCUT2D eigenvalue weighted by atomic mass is 79.9. The SMILES string of the molecule is COc1ccc(Cc2sc3ccccc3c2S(=O)(=O)Nc2onc(C)c2Br)cc1. The Morgan fingerprint density at radius 1 is 1.17 bits per heavy atom. The maximum Gasteiger partial charge on any atom is 0.266 e. The molecule has 1 N–H and O–H groups in total. The summed E-state index contributed by atoms with van der Waals surface area (Å²) in [6.07, 6.45) is 0.482. The number of nitrogens with zero attached hydrogens (tertiary/aromatic N) is 1. The Kier molecular flexibility index (Phi) is 5.37. The number of anilines is 1. The van der Waals surface area contributed by atoms with Gasteiger partial charge in [0.15, 0.2) is 0 Å². The molecule has 0 aliphatic carbocycles. The van der Waals surface area contributed by atoms with Crippen molar-refractivity contribution in [2.45, 2.75) is 18.2 Å². The fourth-order valence-corrected chi connectivity index (χ4v) is 6.36. The maximum atomic E-state index is 13.3. The molecule has 0 unspecified atom stereocenters. The first-order valence-electron chi connectivity index (χ1n) is 8.67. The van der Waals surface area contributed by atoms with Gasteiger partial charge in [0.1, 0.15) is 15.1 Å². The zero-order valence-corrected chi connectivity index (χ0v) is 18.8. The summed E-state index contributed by atoms with van der Waals surface area (Å²) in [5, 5.41) is 4.47. The van der Waals surface area contributed by atoms with E-state index < -0.39 is 10.0 Å². The van der Waals surface area contributed by atoms with Crippen LogP contribution in [0, 0.1) is 6.92 Å². The van der Waals surface area contributed by atoms with Crippen LogP contribution in [0.4, 0.5) is 5.88 Å². The van der Waals surface area contributed by atoms with Crippen molar-refractivity contribution < 1.29 is 17.7 Å². The van der Waals surface area contributed by atoms with Crippen LogP contribution in [0.3, 0.4) is 0 Å². The molecule has 0 spiro atoms. The molecule has 0 saturated carbocycles. The molecular formula is C20H17BrN2O4S2. The first-order chi connectivity index (χ1) is 13.9. The quantitative estimate of drug-likeness (QED) is 0.391. The van der Waals surface area contributed by atoms with Gasteiger partial charge in [-0.05, 0) is 46.6 Å². The molecule has 0 aliphatic heterocycles. The van der Waals surface area contributed by atoms with Crippen LogP contribution in [0.5, 0.6) is 5.75 Å². The molecule has 0 atom stereocenters. The van der Waals surface area contributed by atoms with Gasteiger partial charge in [0.2, 0.25) is 0 Å². The number of aryl methyl sites for hydroxylation is 1. The zero-order valence-electron chi connectivity index (χ0n) is 15.6. The Hall–Kier alpha value is -2.36. The van der Waals surface area contributed by atoms with Gasteiger partial charge in [0, 0.05) is 21.4 Å². The lowest BCUT2D eigenvalue weighted by Gasteiger charge is -2.08. The predicted octanol–water partition coefficient (Wildman–Crippen LogP) is 5.36. The van der Waals surface area contributed by atoms with E-state index in [-0.39, 0.29) is 10.8 Å². The smallest absolute Gasteiger partial charge is 0.266 e. The van der Waals surface area contributed by atoms with Crippen molar-refractivity contribution in [1.29, 1.82) is 0 Å². The molecule has 0 radical (unpaired) electrons. The molecule has 0 aliphatic rings. The van der Waals surface area contributed by atoms with Crippen LogP contribution in [-0.2, 0) is 16.4 Å². The zero-order chi connectivity index (χ0) is 20.6. The summed E-state index contributed by atoms with van der Waals surface area (Å²) in [7, 11) is -2.29. The summed E-state index contributed by atoms with van der Waals surface area (Å²) < 4.78 is 40.9. The molecule has 0 bridgehead atoms. The van der Waals surface area contributed by atoms with Gasteiger partial charge in [-0.25, -0.2) is 13.1 Å². The number of nitrogens with one attached hydrogen (secondary N) is 1. The lowest BCUT2D eigenvalue weighted by Crippen LogP contribution is -2.14. The van der Waals surface area contributed by atoms with Crippen molar-refractivity contribution in [1.82, 2.24) is 5.16 Å². The van der Waals surface area contributed by atoms with Gasteiger partial charge in [-0.1, -0.05) is 35.5 Å². The van der Waals surface area contributed by atoms with E-state index >= 15 is 0 Å². The second-order valence-electron chi connectivity index (χ2n) is 6.39. The van der Waals surface area contributed by atoms with Gasteiger partial charge in [-0.3, -0.25) is 0 Å². The lowest BCUT2D eigenvalue weighted by atomic mass is 10.1. The number of hydrogen-bond donors (Lipinski definition) is 1.